The van der Waals surface area contributed by atoms with Crippen molar-refractivity contribution in [3.63, 3.8) is 0 Å². The lowest BCUT2D eigenvalue weighted by Crippen LogP contribution is -2.40. The minimum absolute atomic E-state index is 0.0335. The van der Waals surface area contributed by atoms with E-state index >= 15 is 0 Å². The van der Waals surface area contributed by atoms with Gasteiger partial charge >= 0.3 is 0 Å². The molecule has 1 unspecified atom stereocenters. The number of fused-ring (bicyclic) bond motifs is 1. The Morgan fingerprint density at radius 1 is 1.30 bits per heavy atom. The molecule has 0 saturated carbocycles. The monoisotopic (exact) mass is 316 g/mol. The Morgan fingerprint density at radius 2 is 2.13 bits per heavy atom. The number of aliphatic hydroxyl groups is 1. The molecule has 2 amide bonds. The number of carbonyl (C=O) groups is 2. The van der Waals surface area contributed by atoms with E-state index in [-0.39, 0.29) is 24.3 Å². The molecule has 3 rings (SSSR count). The van der Waals surface area contributed by atoms with Gasteiger partial charge in [0.2, 0.25) is 5.91 Å². The van der Waals surface area contributed by atoms with Crippen LogP contribution in [0, 0.1) is 5.92 Å². The molecule has 5 heteroatoms. The molecule has 124 valence electrons. The number of likely N-dealkylation sites (tertiary alicyclic amines) is 1. The van der Waals surface area contributed by atoms with Crippen molar-refractivity contribution in [3.8, 4) is 0 Å². The first kappa shape index (κ1) is 16.0. The Balaban J connectivity index is 1.77. The third-order valence-electron chi connectivity index (χ3n) is 4.89. The van der Waals surface area contributed by atoms with E-state index < -0.39 is 0 Å². The second-order valence-corrected chi connectivity index (χ2v) is 6.43. The van der Waals surface area contributed by atoms with Gasteiger partial charge in [-0.2, -0.15) is 0 Å². The van der Waals surface area contributed by atoms with Crippen LogP contribution in [0.1, 0.15) is 42.1 Å². The molecule has 1 aromatic rings. The lowest BCUT2D eigenvalue weighted by Gasteiger charge is -2.32. The van der Waals surface area contributed by atoms with E-state index in [4.69, 9.17) is 0 Å². The van der Waals surface area contributed by atoms with Gasteiger partial charge < -0.3 is 14.9 Å². The van der Waals surface area contributed by atoms with Crippen LogP contribution in [0.25, 0.3) is 0 Å². The Bertz CT molecular complexity index is 614. The van der Waals surface area contributed by atoms with E-state index in [2.05, 4.69) is 0 Å². The van der Waals surface area contributed by atoms with Gasteiger partial charge in [0.05, 0.1) is 0 Å². The van der Waals surface area contributed by atoms with E-state index in [0.29, 0.717) is 25.1 Å². The van der Waals surface area contributed by atoms with E-state index in [1.807, 2.05) is 34.9 Å². The fraction of sp³-hybridized carbons (Fsp3) is 0.556. The average Bonchev–Trinajstić information content (AvgIpc) is 3.03. The minimum atomic E-state index is 0.0335. The van der Waals surface area contributed by atoms with E-state index in [9.17, 15) is 14.7 Å². The maximum absolute atomic E-state index is 12.7. The third kappa shape index (κ3) is 3.11. The molecule has 1 atom stereocenters. The third-order valence-corrected chi connectivity index (χ3v) is 4.89. The second kappa shape index (κ2) is 6.71. The Labute approximate surface area is 136 Å². The van der Waals surface area contributed by atoms with Crippen LogP contribution in [-0.4, -0.2) is 48.1 Å². The predicted octanol–water partition coefficient (Wildman–Crippen LogP) is 1.83. The summed E-state index contributed by atoms with van der Waals surface area (Å²) in [6.45, 7) is 4.10. The van der Waals surface area contributed by atoms with Crippen LogP contribution in [0.15, 0.2) is 18.2 Å². The van der Waals surface area contributed by atoms with Crippen molar-refractivity contribution < 1.29 is 14.7 Å². The van der Waals surface area contributed by atoms with Crippen molar-refractivity contribution in [1.82, 2.24) is 4.90 Å². The van der Waals surface area contributed by atoms with Crippen LogP contribution in [0.5, 0.6) is 0 Å². The van der Waals surface area contributed by atoms with Crippen LogP contribution < -0.4 is 4.90 Å². The van der Waals surface area contributed by atoms with Gasteiger partial charge in [-0.05, 0) is 48.9 Å². The largest absolute Gasteiger partial charge is 0.396 e. The van der Waals surface area contributed by atoms with Crippen LogP contribution >= 0.6 is 0 Å². The molecular weight excluding hydrogens is 292 g/mol. The lowest BCUT2D eigenvalue weighted by atomic mass is 9.98. The van der Waals surface area contributed by atoms with E-state index in [1.54, 1.807) is 0 Å². The molecule has 1 N–H and O–H groups in total. The summed E-state index contributed by atoms with van der Waals surface area (Å²) in [6.07, 6.45) is 3.23. The number of amides is 2. The molecule has 2 heterocycles. The Hall–Kier alpha value is -1.88. The fourth-order valence-electron chi connectivity index (χ4n) is 3.57. The highest BCUT2D eigenvalue weighted by Gasteiger charge is 2.27. The molecule has 5 nitrogen and oxygen atoms in total. The smallest absolute Gasteiger partial charge is 0.253 e. The minimum Gasteiger partial charge on any atom is -0.396 e. The lowest BCUT2D eigenvalue weighted by molar-refractivity contribution is -0.118. The summed E-state index contributed by atoms with van der Waals surface area (Å²) in [4.78, 5) is 28.3. The molecule has 0 aliphatic carbocycles. The number of carbonyl (C=O) groups excluding carboxylic acids is 2. The molecule has 1 aromatic carbocycles. The van der Waals surface area contributed by atoms with E-state index in [1.165, 1.54) is 0 Å². The average molecular weight is 316 g/mol. The molecule has 0 bridgehead atoms. The fourth-order valence-corrected chi connectivity index (χ4v) is 3.57. The zero-order chi connectivity index (χ0) is 16.4. The standard InChI is InChI=1S/C18H24N2O3/c1-2-17(22)20-9-7-14-10-15(5-6-16(14)20)18(23)19-8-3-4-13(11-19)12-21/h5-6,10,13,21H,2-4,7-9,11-12H2,1H3. The number of rotatable bonds is 3. The SMILES string of the molecule is CCC(=O)N1CCc2cc(C(=O)N3CCCC(CO)C3)ccc21. The van der Waals surface area contributed by atoms with Gasteiger partial charge in [0.25, 0.3) is 5.91 Å². The van der Waals surface area contributed by atoms with Gasteiger partial charge in [-0.3, -0.25) is 9.59 Å². The number of benzene rings is 1. The maximum Gasteiger partial charge on any atom is 0.253 e. The van der Waals surface area contributed by atoms with Crippen molar-refractivity contribution in [2.24, 2.45) is 5.92 Å². The van der Waals surface area contributed by atoms with Crippen molar-refractivity contribution in [2.75, 3.05) is 31.1 Å². The summed E-state index contributed by atoms with van der Waals surface area (Å²) >= 11 is 0. The number of hydrogen-bond acceptors (Lipinski definition) is 3. The van der Waals surface area contributed by atoms with Crippen molar-refractivity contribution in [1.29, 1.82) is 0 Å². The molecule has 2 aliphatic rings. The number of piperidine rings is 1. The van der Waals surface area contributed by atoms with Crippen molar-refractivity contribution in [2.45, 2.75) is 32.6 Å². The highest BCUT2D eigenvalue weighted by Crippen LogP contribution is 2.30. The molecule has 0 aromatic heterocycles. The quantitative estimate of drug-likeness (QED) is 0.925. The van der Waals surface area contributed by atoms with Crippen LogP contribution in [0.3, 0.4) is 0 Å². The number of aliphatic hydroxyl groups excluding tert-OH is 1. The van der Waals surface area contributed by atoms with Gasteiger partial charge in [-0.25, -0.2) is 0 Å². The summed E-state index contributed by atoms with van der Waals surface area (Å²) in [5.41, 5.74) is 2.71. The highest BCUT2D eigenvalue weighted by atomic mass is 16.3. The maximum atomic E-state index is 12.7. The van der Waals surface area contributed by atoms with E-state index in [0.717, 1.165) is 37.1 Å². The Morgan fingerprint density at radius 3 is 2.87 bits per heavy atom. The molecule has 0 radical (unpaired) electrons. The molecule has 0 spiro atoms. The normalized spacial score (nSPS) is 20.5. The first-order valence-electron chi connectivity index (χ1n) is 8.47. The van der Waals surface area contributed by atoms with Crippen LogP contribution in [0.4, 0.5) is 5.69 Å². The molecule has 23 heavy (non-hydrogen) atoms. The summed E-state index contributed by atoms with van der Waals surface area (Å²) in [7, 11) is 0. The summed E-state index contributed by atoms with van der Waals surface area (Å²) in [5, 5.41) is 9.32. The Kier molecular flexibility index (Phi) is 4.66. The molecular formula is C18H24N2O3. The van der Waals surface area contributed by atoms with Crippen LogP contribution in [0.2, 0.25) is 0 Å². The molecule has 1 saturated heterocycles. The zero-order valence-electron chi connectivity index (χ0n) is 13.6. The van der Waals surface area contributed by atoms with Gasteiger partial charge in [-0.1, -0.05) is 6.92 Å². The van der Waals surface area contributed by atoms with Crippen molar-refractivity contribution in [3.05, 3.63) is 29.3 Å². The summed E-state index contributed by atoms with van der Waals surface area (Å²) < 4.78 is 0. The number of nitrogens with zero attached hydrogens (tertiary/aromatic N) is 2. The van der Waals surface area contributed by atoms with Crippen molar-refractivity contribution >= 4 is 17.5 Å². The topological polar surface area (TPSA) is 60.9 Å². The second-order valence-electron chi connectivity index (χ2n) is 6.43. The number of hydrogen-bond donors (Lipinski definition) is 1. The number of anilines is 1. The van der Waals surface area contributed by atoms with Gasteiger partial charge in [0, 0.05) is 43.9 Å². The first-order chi connectivity index (χ1) is 11.1. The molecule has 2 aliphatic heterocycles. The first-order valence-corrected chi connectivity index (χ1v) is 8.47. The summed E-state index contributed by atoms with van der Waals surface area (Å²) in [5.74, 6) is 0.357. The van der Waals surface area contributed by atoms with Gasteiger partial charge in [0.15, 0.2) is 0 Å². The van der Waals surface area contributed by atoms with Gasteiger partial charge in [-0.15, -0.1) is 0 Å². The molecule has 1 fully saturated rings. The summed E-state index contributed by atoms with van der Waals surface area (Å²) in [6, 6.07) is 5.66. The van der Waals surface area contributed by atoms with Crippen LogP contribution in [-0.2, 0) is 11.2 Å². The zero-order valence-corrected chi connectivity index (χ0v) is 13.6. The predicted molar refractivity (Wildman–Crippen MR) is 88.5 cm³/mol. The highest BCUT2D eigenvalue weighted by molar-refractivity contribution is 5.98. The van der Waals surface area contributed by atoms with Gasteiger partial charge in [0.1, 0.15) is 0 Å².